The van der Waals surface area contributed by atoms with E-state index in [1.165, 1.54) is 13.0 Å². The maximum Gasteiger partial charge on any atom is 0.416 e. The number of hydrogen-bond donors (Lipinski definition) is 2. The standard InChI is InChI=1S/C18H18F3N5/c1-10-12(4-3-5-14(10)18(19,20)21)11(2)24-16-13-8-22-9-15(13)26-7-6-23-17(26)25-16/h3-7,11,22H,8-9H2,1-2H3,(H,23,24,25). The molecule has 8 heteroatoms. The van der Waals surface area contributed by atoms with Crippen molar-refractivity contribution < 1.29 is 13.2 Å². The minimum absolute atomic E-state index is 0.233. The van der Waals surface area contributed by atoms with Crippen molar-refractivity contribution in [1.82, 2.24) is 19.7 Å². The average Bonchev–Trinajstić information content (AvgIpc) is 3.22. The van der Waals surface area contributed by atoms with Gasteiger partial charge in [0.25, 0.3) is 0 Å². The van der Waals surface area contributed by atoms with Crippen LogP contribution in [0.25, 0.3) is 5.78 Å². The van der Waals surface area contributed by atoms with Crippen LogP contribution in [0.2, 0.25) is 0 Å². The van der Waals surface area contributed by atoms with Gasteiger partial charge >= 0.3 is 6.18 Å². The lowest BCUT2D eigenvalue weighted by atomic mass is 9.97. The predicted octanol–water partition coefficient (Wildman–Crippen LogP) is 3.83. The van der Waals surface area contributed by atoms with Crippen LogP contribution in [0.4, 0.5) is 19.0 Å². The van der Waals surface area contributed by atoms with E-state index in [2.05, 4.69) is 20.6 Å². The smallest absolute Gasteiger partial charge is 0.363 e. The fourth-order valence-electron chi connectivity index (χ4n) is 3.55. The second kappa shape index (κ2) is 5.98. The molecule has 3 aromatic rings. The summed E-state index contributed by atoms with van der Waals surface area (Å²) in [6.07, 6.45) is -0.818. The van der Waals surface area contributed by atoms with Crippen molar-refractivity contribution in [3.05, 3.63) is 58.5 Å². The molecular weight excluding hydrogens is 343 g/mol. The Labute approximate surface area is 148 Å². The molecular formula is C18H18F3N5. The summed E-state index contributed by atoms with van der Waals surface area (Å²) >= 11 is 0. The number of halogens is 3. The first-order valence-corrected chi connectivity index (χ1v) is 8.35. The topological polar surface area (TPSA) is 54.2 Å². The van der Waals surface area contributed by atoms with Gasteiger partial charge in [-0.25, -0.2) is 4.98 Å². The van der Waals surface area contributed by atoms with E-state index in [-0.39, 0.29) is 11.6 Å². The van der Waals surface area contributed by atoms with Crippen molar-refractivity contribution in [2.45, 2.75) is 39.2 Å². The molecule has 4 rings (SSSR count). The molecule has 0 saturated carbocycles. The predicted molar refractivity (Wildman–Crippen MR) is 91.7 cm³/mol. The molecule has 1 aliphatic heterocycles. The highest BCUT2D eigenvalue weighted by Gasteiger charge is 2.33. The Morgan fingerprint density at radius 1 is 1.27 bits per heavy atom. The van der Waals surface area contributed by atoms with Gasteiger partial charge in [0.15, 0.2) is 0 Å². The summed E-state index contributed by atoms with van der Waals surface area (Å²) < 4.78 is 41.5. The lowest BCUT2D eigenvalue weighted by Crippen LogP contribution is -2.15. The van der Waals surface area contributed by atoms with Crippen molar-refractivity contribution in [2.75, 3.05) is 5.32 Å². The van der Waals surface area contributed by atoms with Crippen LogP contribution >= 0.6 is 0 Å². The quantitative estimate of drug-likeness (QED) is 0.744. The molecule has 1 aromatic carbocycles. The minimum atomic E-state index is -4.36. The van der Waals surface area contributed by atoms with Gasteiger partial charge in [-0.1, -0.05) is 12.1 Å². The van der Waals surface area contributed by atoms with E-state index in [4.69, 9.17) is 0 Å². The molecule has 0 spiro atoms. The van der Waals surface area contributed by atoms with Crippen molar-refractivity contribution in [1.29, 1.82) is 0 Å². The van der Waals surface area contributed by atoms with E-state index in [9.17, 15) is 13.2 Å². The average molecular weight is 361 g/mol. The third-order valence-corrected chi connectivity index (χ3v) is 4.85. The number of benzene rings is 1. The molecule has 136 valence electrons. The maximum absolute atomic E-state index is 13.2. The summed E-state index contributed by atoms with van der Waals surface area (Å²) in [5.41, 5.74) is 2.32. The third kappa shape index (κ3) is 2.70. The molecule has 2 N–H and O–H groups in total. The number of anilines is 1. The second-order valence-electron chi connectivity index (χ2n) is 6.47. The van der Waals surface area contributed by atoms with Gasteiger partial charge in [0, 0.05) is 36.7 Å². The molecule has 0 saturated heterocycles. The molecule has 0 bridgehead atoms. The zero-order valence-electron chi connectivity index (χ0n) is 14.4. The van der Waals surface area contributed by atoms with E-state index in [0.29, 0.717) is 30.2 Å². The Hall–Kier alpha value is -2.61. The van der Waals surface area contributed by atoms with Gasteiger partial charge in [-0.3, -0.25) is 4.40 Å². The van der Waals surface area contributed by atoms with Gasteiger partial charge in [0.1, 0.15) is 5.82 Å². The van der Waals surface area contributed by atoms with Gasteiger partial charge in [-0.15, -0.1) is 0 Å². The van der Waals surface area contributed by atoms with Crippen LogP contribution in [-0.4, -0.2) is 14.4 Å². The van der Waals surface area contributed by atoms with Gasteiger partial charge < -0.3 is 10.6 Å². The van der Waals surface area contributed by atoms with Crippen LogP contribution in [0.3, 0.4) is 0 Å². The molecule has 26 heavy (non-hydrogen) atoms. The first-order chi connectivity index (χ1) is 12.4. The fourth-order valence-corrected chi connectivity index (χ4v) is 3.55. The number of imidazole rings is 1. The summed E-state index contributed by atoms with van der Waals surface area (Å²) in [6, 6.07) is 3.95. The lowest BCUT2D eigenvalue weighted by Gasteiger charge is -2.21. The van der Waals surface area contributed by atoms with Crippen LogP contribution in [0.1, 0.15) is 40.9 Å². The molecule has 3 heterocycles. The van der Waals surface area contributed by atoms with E-state index in [1.807, 2.05) is 17.5 Å². The molecule has 5 nitrogen and oxygen atoms in total. The SMILES string of the molecule is Cc1c(C(C)Nc2nc3nccn3c3c2CNC3)cccc1C(F)(F)F. The van der Waals surface area contributed by atoms with Crippen LogP contribution in [0, 0.1) is 6.92 Å². The number of fused-ring (bicyclic) bond motifs is 3. The number of alkyl halides is 3. The summed E-state index contributed by atoms with van der Waals surface area (Å²) in [4.78, 5) is 8.79. The van der Waals surface area contributed by atoms with Crippen molar-refractivity contribution in [3.8, 4) is 0 Å². The maximum atomic E-state index is 13.2. The van der Waals surface area contributed by atoms with E-state index in [0.717, 1.165) is 17.3 Å². The Bertz CT molecular complexity index is 977. The first kappa shape index (κ1) is 16.8. The molecule has 0 radical (unpaired) electrons. The van der Waals surface area contributed by atoms with Gasteiger partial charge in [0.05, 0.1) is 11.6 Å². The molecule has 1 unspecified atom stereocenters. The van der Waals surface area contributed by atoms with Crippen LogP contribution in [0.5, 0.6) is 0 Å². The number of rotatable bonds is 3. The molecule has 2 aromatic heterocycles. The van der Waals surface area contributed by atoms with E-state index >= 15 is 0 Å². The first-order valence-electron chi connectivity index (χ1n) is 8.35. The second-order valence-corrected chi connectivity index (χ2v) is 6.47. The van der Waals surface area contributed by atoms with Crippen LogP contribution in [-0.2, 0) is 19.3 Å². The monoisotopic (exact) mass is 361 g/mol. The van der Waals surface area contributed by atoms with E-state index < -0.39 is 11.7 Å². The number of nitrogens with zero attached hydrogens (tertiary/aromatic N) is 3. The summed E-state index contributed by atoms with van der Waals surface area (Å²) in [5, 5.41) is 6.57. The summed E-state index contributed by atoms with van der Waals surface area (Å²) in [7, 11) is 0. The highest BCUT2D eigenvalue weighted by Crippen LogP contribution is 2.35. The third-order valence-electron chi connectivity index (χ3n) is 4.85. The Kier molecular flexibility index (Phi) is 3.87. The zero-order chi connectivity index (χ0) is 18.5. The highest BCUT2D eigenvalue weighted by molar-refractivity contribution is 5.55. The largest absolute Gasteiger partial charge is 0.416 e. The number of aromatic nitrogens is 3. The van der Waals surface area contributed by atoms with Crippen molar-refractivity contribution >= 4 is 11.6 Å². The van der Waals surface area contributed by atoms with Crippen LogP contribution < -0.4 is 10.6 Å². The molecule has 1 aliphatic rings. The van der Waals surface area contributed by atoms with Gasteiger partial charge in [-0.05, 0) is 31.0 Å². The molecule has 0 fully saturated rings. The van der Waals surface area contributed by atoms with Crippen molar-refractivity contribution in [2.24, 2.45) is 0 Å². The number of hydrogen-bond acceptors (Lipinski definition) is 4. The number of nitrogens with one attached hydrogen (secondary N) is 2. The van der Waals surface area contributed by atoms with Gasteiger partial charge in [0.2, 0.25) is 5.78 Å². The van der Waals surface area contributed by atoms with Crippen LogP contribution in [0.15, 0.2) is 30.6 Å². The summed E-state index contributed by atoms with van der Waals surface area (Å²) in [6.45, 7) is 4.71. The zero-order valence-corrected chi connectivity index (χ0v) is 14.4. The lowest BCUT2D eigenvalue weighted by molar-refractivity contribution is -0.138. The molecule has 0 aliphatic carbocycles. The summed E-state index contributed by atoms with van der Waals surface area (Å²) in [5.74, 6) is 1.23. The Morgan fingerprint density at radius 3 is 2.85 bits per heavy atom. The fraction of sp³-hybridized carbons (Fsp3) is 0.333. The van der Waals surface area contributed by atoms with Gasteiger partial charge in [-0.2, -0.15) is 18.2 Å². The van der Waals surface area contributed by atoms with Crippen molar-refractivity contribution in [3.63, 3.8) is 0 Å². The normalized spacial score (nSPS) is 15.3. The van der Waals surface area contributed by atoms with E-state index in [1.54, 1.807) is 12.3 Å². The molecule has 0 amide bonds. The minimum Gasteiger partial charge on any atom is -0.363 e. The Morgan fingerprint density at radius 2 is 2.08 bits per heavy atom. The molecule has 1 atom stereocenters. The Balaban J connectivity index is 1.72. The highest BCUT2D eigenvalue weighted by atomic mass is 19.4.